The fraction of sp³-hybridized carbons (Fsp3) is 0.462. The van der Waals surface area contributed by atoms with Gasteiger partial charge in [-0.25, -0.2) is 8.78 Å². The van der Waals surface area contributed by atoms with Crippen LogP contribution < -0.4 is 15.5 Å². The molecule has 0 saturated carbocycles. The molecule has 2 bridgehead atoms. The Labute approximate surface area is 207 Å². The third kappa shape index (κ3) is 4.29. The van der Waals surface area contributed by atoms with E-state index in [0.29, 0.717) is 12.6 Å². The van der Waals surface area contributed by atoms with Crippen molar-refractivity contribution < 1.29 is 27.9 Å². The predicted molar refractivity (Wildman–Crippen MR) is 127 cm³/mol. The fourth-order valence-corrected chi connectivity index (χ4v) is 4.91. The molecule has 4 rings (SSSR count). The highest BCUT2D eigenvalue weighted by atomic mass is 19.1. The van der Waals surface area contributed by atoms with Gasteiger partial charge >= 0.3 is 5.97 Å². The first-order chi connectivity index (χ1) is 17.0. The number of ether oxygens (including phenoxy) is 1. The molecular formula is C26H29F2N3O5. The molecule has 2 aliphatic rings. The highest BCUT2D eigenvalue weighted by Gasteiger charge is 2.48. The second-order valence-corrected chi connectivity index (χ2v) is 9.78. The van der Waals surface area contributed by atoms with Crippen molar-refractivity contribution in [3.05, 3.63) is 63.1 Å². The van der Waals surface area contributed by atoms with Crippen LogP contribution in [0.15, 0.2) is 29.2 Å². The maximum Gasteiger partial charge on any atom is 0.311 e. The lowest BCUT2D eigenvalue weighted by molar-refractivity contribution is -0.134. The number of hydrogen-bond acceptors (Lipinski definition) is 5. The minimum Gasteiger partial charge on any atom is -0.420 e. The van der Waals surface area contributed by atoms with Crippen molar-refractivity contribution in [2.75, 3.05) is 6.54 Å². The Bertz CT molecular complexity index is 1310. The Balaban J connectivity index is 1.83. The monoisotopic (exact) mass is 501 g/mol. The van der Waals surface area contributed by atoms with Gasteiger partial charge in [0, 0.05) is 43.4 Å². The molecule has 1 N–H and O–H groups in total. The fourth-order valence-electron chi connectivity index (χ4n) is 4.91. The maximum atomic E-state index is 14.0. The SMILES string of the molecule is CCC(=O)Oc1c2n(cc(C(=O)NCc3ccc(F)cc3F)c1=O)C1(C)CN(C2=O)C(C)CCC1C. The number of esters is 1. The normalized spacial score (nSPS) is 23.1. The molecule has 192 valence electrons. The van der Waals surface area contributed by atoms with Gasteiger partial charge in [0.15, 0.2) is 5.69 Å². The van der Waals surface area contributed by atoms with Crippen LogP contribution in [0.2, 0.25) is 0 Å². The molecule has 2 amide bonds. The molecule has 10 heteroatoms. The Hall–Kier alpha value is -3.56. The summed E-state index contributed by atoms with van der Waals surface area (Å²) in [7, 11) is 0. The van der Waals surface area contributed by atoms with Crippen LogP contribution >= 0.6 is 0 Å². The van der Waals surface area contributed by atoms with Crippen molar-refractivity contribution in [3.63, 3.8) is 0 Å². The molecule has 36 heavy (non-hydrogen) atoms. The van der Waals surface area contributed by atoms with Gasteiger partial charge in [-0.3, -0.25) is 19.2 Å². The van der Waals surface area contributed by atoms with E-state index in [1.807, 2.05) is 20.8 Å². The van der Waals surface area contributed by atoms with Crippen LogP contribution in [0.4, 0.5) is 8.78 Å². The van der Waals surface area contributed by atoms with Gasteiger partial charge in [-0.2, -0.15) is 0 Å². The molecule has 2 aliphatic heterocycles. The molecule has 8 nitrogen and oxygen atoms in total. The third-order valence-corrected chi connectivity index (χ3v) is 7.48. The summed E-state index contributed by atoms with van der Waals surface area (Å²) in [5.74, 6) is -4.00. The molecule has 2 aromatic rings. The van der Waals surface area contributed by atoms with Crippen molar-refractivity contribution in [1.29, 1.82) is 0 Å². The van der Waals surface area contributed by atoms with Crippen LogP contribution in [0, 0.1) is 17.6 Å². The maximum absolute atomic E-state index is 14.0. The average molecular weight is 502 g/mol. The first kappa shape index (κ1) is 25.5. The van der Waals surface area contributed by atoms with Gasteiger partial charge in [0.2, 0.25) is 11.2 Å². The Morgan fingerprint density at radius 1 is 1.19 bits per heavy atom. The predicted octanol–water partition coefficient (Wildman–Crippen LogP) is 3.36. The van der Waals surface area contributed by atoms with E-state index < -0.39 is 46.1 Å². The van der Waals surface area contributed by atoms with E-state index in [1.165, 1.54) is 12.3 Å². The molecule has 0 aliphatic carbocycles. The molecule has 3 unspecified atom stereocenters. The van der Waals surface area contributed by atoms with Crippen LogP contribution in [0.25, 0.3) is 0 Å². The van der Waals surface area contributed by atoms with Gasteiger partial charge in [0.1, 0.15) is 17.2 Å². The smallest absolute Gasteiger partial charge is 0.311 e. The van der Waals surface area contributed by atoms with Gasteiger partial charge in [-0.05, 0) is 38.7 Å². The van der Waals surface area contributed by atoms with Crippen LogP contribution in [0.3, 0.4) is 0 Å². The minimum atomic E-state index is -0.905. The molecule has 0 radical (unpaired) electrons. The van der Waals surface area contributed by atoms with E-state index in [9.17, 15) is 28.0 Å². The number of carbonyl (C=O) groups is 3. The average Bonchev–Trinajstić information content (AvgIpc) is 2.94. The van der Waals surface area contributed by atoms with Crippen LogP contribution in [-0.2, 0) is 16.9 Å². The van der Waals surface area contributed by atoms with Gasteiger partial charge < -0.3 is 19.5 Å². The molecule has 3 atom stereocenters. The molecule has 1 aromatic heterocycles. The number of amides is 2. The quantitative estimate of drug-likeness (QED) is 0.634. The van der Waals surface area contributed by atoms with Crippen LogP contribution in [-0.4, -0.2) is 39.8 Å². The lowest BCUT2D eigenvalue weighted by Gasteiger charge is -2.46. The molecule has 1 saturated heterocycles. The van der Waals surface area contributed by atoms with Crippen molar-refractivity contribution in [1.82, 2.24) is 14.8 Å². The Morgan fingerprint density at radius 3 is 2.58 bits per heavy atom. The highest BCUT2D eigenvalue weighted by molar-refractivity contribution is 6.00. The second kappa shape index (κ2) is 9.48. The number of carbonyl (C=O) groups excluding carboxylic acids is 3. The number of pyridine rings is 1. The number of hydrogen-bond donors (Lipinski definition) is 1. The highest BCUT2D eigenvalue weighted by Crippen LogP contribution is 2.41. The van der Waals surface area contributed by atoms with Gasteiger partial charge in [-0.1, -0.05) is 19.9 Å². The largest absolute Gasteiger partial charge is 0.420 e. The van der Waals surface area contributed by atoms with Gasteiger partial charge in [0.05, 0.1) is 5.54 Å². The molecule has 1 aromatic carbocycles. The zero-order valence-corrected chi connectivity index (χ0v) is 20.7. The third-order valence-electron chi connectivity index (χ3n) is 7.48. The minimum absolute atomic E-state index is 0.0320. The topological polar surface area (TPSA) is 97.7 Å². The summed E-state index contributed by atoms with van der Waals surface area (Å²) in [6.45, 7) is 7.56. The summed E-state index contributed by atoms with van der Waals surface area (Å²) in [5.41, 5.74) is -1.95. The summed E-state index contributed by atoms with van der Waals surface area (Å²) >= 11 is 0. The number of nitrogens with one attached hydrogen (secondary N) is 1. The van der Waals surface area contributed by atoms with Gasteiger partial charge in [0.25, 0.3) is 11.8 Å². The molecular weight excluding hydrogens is 472 g/mol. The van der Waals surface area contributed by atoms with E-state index >= 15 is 0 Å². The molecule has 3 heterocycles. The van der Waals surface area contributed by atoms with E-state index in [-0.39, 0.29) is 41.7 Å². The number of benzene rings is 1. The van der Waals surface area contributed by atoms with E-state index in [1.54, 1.807) is 16.4 Å². The first-order valence-corrected chi connectivity index (χ1v) is 12.0. The van der Waals surface area contributed by atoms with E-state index in [4.69, 9.17) is 4.74 Å². The van der Waals surface area contributed by atoms with E-state index in [2.05, 4.69) is 5.32 Å². The van der Waals surface area contributed by atoms with Crippen molar-refractivity contribution in [3.8, 4) is 5.75 Å². The Kier molecular flexibility index (Phi) is 6.72. The summed E-state index contributed by atoms with van der Waals surface area (Å²) in [5, 5.41) is 2.48. The first-order valence-electron chi connectivity index (χ1n) is 12.0. The van der Waals surface area contributed by atoms with Crippen molar-refractivity contribution >= 4 is 17.8 Å². The lowest BCUT2D eigenvalue weighted by Crippen LogP contribution is -2.56. The zero-order valence-electron chi connectivity index (χ0n) is 20.7. The number of fused-ring (bicyclic) bond motifs is 4. The van der Waals surface area contributed by atoms with E-state index in [0.717, 1.165) is 18.9 Å². The number of aromatic nitrogens is 1. The summed E-state index contributed by atoms with van der Waals surface area (Å²) in [6, 6.07) is 2.88. The van der Waals surface area contributed by atoms with Crippen molar-refractivity contribution in [2.45, 2.75) is 65.1 Å². The van der Waals surface area contributed by atoms with Crippen LogP contribution in [0.5, 0.6) is 5.75 Å². The molecule has 0 spiro atoms. The standard InChI is InChI=1S/C26H29F2N3O5/c1-5-20(32)36-23-21-25(35)30-13-26(4,14(2)6-7-15(30)3)31(21)12-18(22(23)33)24(34)29-11-16-8-9-17(27)10-19(16)28/h8-10,12,14-15H,5-7,11,13H2,1-4H3,(H,29,34). The van der Waals surface area contributed by atoms with Crippen LogP contribution in [0.1, 0.15) is 73.4 Å². The zero-order chi connectivity index (χ0) is 26.4. The summed E-state index contributed by atoms with van der Waals surface area (Å²) in [4.78, 5) is 54.0. The Morgan fingerprint density at radius 2 is 1.92 bits per heavy atom. The van der Waals surface area contributed by atoms with Crippen molar-refractivity contribution in [2.24, 2.45) is 5.92 Å². The number of nitrogens with zero attached hydrogens (tertiary/aromatic N) is 2. The van der Waals surface area contributed by atoms with Gasteiger partial charge in [-0.15, -0.1) is 0 Å². The number of rotatable bonds is 5. The lowest BCUT2D eigenvalue weighted by atomic mass is 9.82. The number of halogens is 2. The summed E-state index contributed by atoms with van der Waals surface area (Å²) in [6.07, 6.45) is 2.87. The summed E-state index contributed by atoms with van der Waals surface area (Å²) < 4.78 is 34.2. The molecule has 1 fully saturated rings. The second-order valence-electron chi connectivity index (χ2n) is 9.78.